The Bertz CT molecular complexity index is 1090. The van der Waals surface area contributed by atoms with Gasteiger partial charge in [0.2, 0.25) is 21.8 Å². The fourth-order valence-electron chi connectivity index (χ4n) is 4.51. The summed E-state index contributed by atoms with van der Waals surface area (Å²) in [7, 11) is -3.56. The number of rotatable bonds is 7. The van der Waals surface area contributed by atoms with Gasteiger partial charge in [-0.25, -0.2) is 8.42 Å². The van der Waals surface area contributed by atoms with Crippen molar-refractivity contribution >= 4 is 21.8 Å². The van der Waals surface area contributed by atoms with Crippen LogP contribution in [0.4, 0.5) is 0 Å². The maximum Gasteiger partial charge on any atom is 0.243 e. The van der Waals surface area contributed by atoms with E-state index >= 15 is 0 Å². The summed E-state index contributed by atoms with van der Waals surface area (Å²) in [5.41, 5.74) is 3.33. The van der Waals surface area contributed by atoms with Crippen LogP contribution in [-0.2, 0) is 38.9 Å². The van der Waals surface area contributed by atoms with Gasteiger partial charge < -0.3 is 10.2 Å². The Kier molecular flexibility index (Phi) is 7.45. The number of nitrogens with one attached hydrogen (secondary N) is 1. The molecule has 2 aromatic rings. The van der Waals surface area contributed by atoms with Crippen LogP contribution in [0.2, 0.25) is 0 Å². The van der Waals surface area contributed by atoms with Crippen LogP contribution in [-0.4, -0.2) is 62.2 Å². The lowest BCUT2D eigenvalue weighted by molar-refractivity contribution is -0.132. The van der Waals surface area contributed by atoms with Gasteiger partial charge in [0, 0.05) is 39.1 Å². The zero-order chi connectivity index (χ0) is 23.3. The fraction of sp³-hybridized carbons (Fsp3) is 0.440. The summed E-state index contributed by atoms with van der Waals surface area (Å²) in [5.74, 6) is -0.184. The van der Waals surface area contributed by atoms with Crippen molar-refractivity contribution in [3.63, 3.8) is 0 Å². The van der Waals surface area contributed by atoms with E-state index in [0.717, 1.165) is 36.8 Å². The molecule has 1 N–H and O–H groups in total. The van der Waals surface area contributed by atoms with E-state index < -0.39 is 10.0 Å². The van der Waals surface area contributed by atoms with Crippen molar-refractivity contribution in [1.82, 2.24) is 14.5 Å². The third-order valence-electron chi connectivity index (χ3n) is 6.42. The van der Waals surface area contributed by atoms with Gasteiger partial charge >= 0.3 is 0 Å². The number of hydrogen-bond donors (Lipinski definition) is 1. The van der Waals surface area contributed by atoms with Gasteiger partial charge in [-0.2, -0.15) is 4.31 Å². The van der Waals surface area contributed by atoms with E-state index in [2.05, 4.69) is 5.32 Å². The number of sulfonamides is 1. The number of piperazine rings is 1. The lowest BCUT2D eigenvalue weighted by atomic mass is 9.92. The zero-order valence-electron chi connectivity index (χ0n) is 18.8. The summed E-state index contributed by atoms with van der Waals surface area (Å²) in [6, 6.07) is 15.0. The second kappa shape index (κ2) is 10.5. The summed E-state index contributed by atoms with van der Waals surface area (Å²) in [6.45, 7) is 1.57. The highest BCUT2D eigenvalue weighted by molar-refractivity contribution is 7.89. The number of carbonyl (C=O) groups is 2. The topological polar surface area (TPSA) is 86.8 Å². The molecule has 4 rings (SSSR count). The minimum absolute atomic E-state index is 0.0687. The number of hydrogen-bond acceptors (Lipinski definition) is 4. The first-order valence-electron chi connectivity index (χ1n) is 11.6. The number of benzene rings is 2. The molecule has 1 saturated heterocycles. The SMILES string of the molecule is O=C(Cc1ccccc1)NCCC(=O)N1CCN(S(=O)(=O)c2ccc3c(c2)CCCC3)CC1. The molecule has 0 atom stereocenters. The molecule has 8 heteroatoms. The number of amides is 2. The maximum atomic E-state index is 13.1. The minimum atomic E-state index is -3.56. The second-order valence-electron chi connectivity index (χ2n) is 8.68. The molecule has 2 aromatic carbocycles. The van der Waals surface area contributed by atoms with Gasteiger partial charge in [0.15, 0.2) is 0 Å². The van der Waals surface area contributed by atoms with Crippen LogP contribution in [0.25, 0.3) is 0 Å². The van der Waals surface area contributed by atoms with Crippen LogP contribution >= 0.6 is 0 Å². The van der Waals surface area contributed by atoms with Gasteiger partial charge in [-0.05, 0) is 54.5 Å². The summed E-state index contributed by atoms with van der Waals surface area (Å²) < 4.78 is 27.7. The van der Waals surface area contributed by atoms with Gasteiger partial charge in [0.05, 0.1) is 11.3 Å². The van der Waals surface area contributed by atoms with Crippen molar-refractivity contribution in [2.45, 2.75) is 43.4 Å². The van der Waals surface area contributed by atoms with Gasteiger partial charge in [0.25, 0.3) is 0 Å². The summed E-state index contributed by atoms with van der Waals surface area (Å²) in [4.78, 5) is 26.6. The molecule has 0 saturated carbocycles. The normalized spacial score (nSPS) is 16.8. The standard InChI is InChI=1S/C25H31N3O4S/c29-24(18-20-6-2-1-3-7-20)26-13-12-25(30)27-14-16-28(17-15-27)33(31,32)23-11-10-21-8-4-5-9-22(21)19-23/h1-3,6-7,10-11,19H,4-5,8-9,12-18H2,(H,26,29). The molecule has 176 valence electrons. The highest BCUT2D eigenvalue weighted by Gasteiger charge is 2.30. The first-order chi connectivity index (χ1) is 15.9. The number of carbonyl (C=O) groups excluding carboxylic acids is 2. The Morgan fingerprint density at radius 2 is 1.58 bits per heavy atom. The molecular formula is C25H31N3O4S. The lowest BCUT2D eigenvalue weighted by Crippen LogP contribution is -2.50. The molecule has 2 amide bonds. The Balaban J connectivity index is 1.24. The monoisotopic (exact) mass is 469 g/mol. The molecule has 0 unspecified atom stereocenters. The van der Waals surface area contributed by atoms with Crippen LogP contribution in [0, 0.1) is 0 Å². The van der Waals surface area contributed by atoms with Crippen molar-refractivity contribution in [1.29, 1.82) is 0 Å². The Morgan fingerprint density at radius 3 is 2.30 bits per heavy atom. The van der Waals surface area contributed by atoms with Crippen LogP contribution in [0.5, 0.6) is 0 Å². The summed E-state index contributed by atoms with van der Waals surface area (Å²) >= 11 is 0. The van der Waals surface area contributed by atoms with E-state index in [0.29, 0.717) is 18.0 Å². The molecule has 2 aliphatic rings. The summed E-state index contributed by atoms with van der Waals surface area (Å²) in [5, 5.41) is 2.79. The first-order valence-corrected chi connectivity index (χ1v) is 13.1. The molecule has 1 fully saturated rings. The third-order valence-corrected chi connectivity index (χ3v) is 8.31. The number of fused-ring (bicyclic) bond motifs is 1. The average molecular weight is 470 g/mol. The first kappa shape index (κ1) is 23.4. The molecular weight excluding hydrogens is 438 g/mol. The Morgan fingerprint density at radius 1 is 0.879 bits per heavy atom. The summed E-state index contributed by atoms with van der Waals surface area (Å²) in [6.07, 6.45) is 4.70. The minimum Gasteiger partial charge on any atom is -0.355 e. The van der Waals surface area contributed by atoms with Crippen molar-refractivity contribution in [2.75, 3.05) is 32.7 Å². The second-order valence-corrected chi connectivity index (χ2v) is 10.6. The Labute approximate surface area is 195 Å². The van der Waals surface area contributed by atoms with E-state index in [1.807, 2.05) is 42.5 Å². The van der Waals surface area contributed by atoms with Gasteiger partial charge in [-0.3, -0.25) is 9.59 Å². The Hall–Kier alpha value is -2.71. The van der Waals surface area contributed by atoms with Crippen LogP contribution < -0.4 is 5.32 Å². The predicted octanol–water partition coefficient (Wildman–Crippen LogP) is 2.15. The van der Waals surface area contributed by atoms with Gasteiger partial charge in [-0.15, -0.1) is 0 Å². The number of nitrogens with zero attached hydrogens (tertiary/aromatic N) is 2. The molecule has 0 spiro atoms. The molecule has 0 aromatic heterocycles. The van der Waals surface area contributed by atoms with Crippen molar-refractivity contribution in [2.24, 2.45) is 0 Å². The predicted molar refractivity (Wildman–Crippen MR) is 126 cm³/mol. The van der Waals surface area contributed by atoms with Crippen LogP contribution in [0.3, 0.4) is 0 Å². The molecule has 1 heterocycles. The number of aryl methyl sites for hydroxylation is 2. The fourth-order valence-corrected chi connectivity index (χ4v) is 5.98. The molecule has 1 aliphatic heterocycles. The molecule has 0 bridgehead atoms. The van der Waals surface area contributed by atoms with E-state index in [9.17, 15) is 18.0 Å². The molecule has 7 nitrogen and oxygen atoms in total. The van der Waals surface area contributed by atoms with E-state index in [1.54, 1.807) is 11.0 Å². The maximum absolute atomic E-state index is 13.1. The molecule has 1 aliphatic carbocycles. The lowest BCUT2D eigenvalue weighted by Gasteiger charge is -2.34. The van der Waals surface area contributed by atoms with E-state index in [-0.39, 0.29) is 44.3 Å². The largest absolute Gasteiger partial charge is 0.355 e. The highest BCUT2D eigenvalue weighted by Crippen LogP contribution is 2.26. The molecule has 33 heavy (non-hydrogen) atoms. The van der Waals surface area contributed by atoms with Crippen molar-refractivity contribution < 1.29 is 18.0 Å². The quantitative estimate of drug-likeness (QED) is 0.673. The third kappa shape index (κ3) is 5.81. The smallest absolute Gasteiger partial charge is 0.243 e. The van der Waals surface area contributed by atoms with Gasteiger partial charge in [0.1, 0.15) is 0 Å². The van der Waals surface area contributed by atoms with E-state index in [4.69, 9.17) is 0 Å². The molecule has 0 radical (unpaired) electrons. The zero-order valence-corrected chi connectivity index (χ0v) is 19.6. The van der Waals surface area contributed by atoms with Crippen molar-refractivity contribution in [3.05, 3.63) is 65.2 Å². The van der Waals surface area contributed by atoms with Crippen molar-refractivity contribution in [3.8, 4) is 0 Å². The van der Waals surface area contributed by atoms with E-state index in [1.165, 1.54) is 9.87 Å². The van der Waals surface area contributed by atoms with Crippen LogP contribution in [0.1, 0.15) is 36.0 Å². The van der Waals surface area contributed by atoms with Gasteiger partial charge in [-0.1, -0.05) is 36.4 Å². The average Bonchev–Trinajstić information content (AvgIpc) is 2.84. The highest BCUT2D eigenvalue weighted by atomic mass is 32.2. The van der Waals surface area contributed by atoms with Crippen LogP contribution in [0.15, 0.2) is 53.4 Å².